The summed E-state index contributed by atoms with van der Waals surface area (Å²) < 4.78 is 18.2. The van der Waals surface area contributed by atoms with Crippen molar-refractivity contribution in [1.29, 1.82) is 0 Å². The third-order valence-electron chi connectivity index (χ3n) is 5.96. The average Bonchev–Trinajstić information content (AvgIpc) is 2.75. The molecule has 2 aliphatic rings. The number of halogens is 1. The van der Waals surface area contributed by atoms with Crippen LogP contribution in [0.1, 0.15) is 56.0 Å². The van der Waals surface area contributed by atoms with E-state index in [1.807, 2.05) is 30.3 Å². The number of benzene rings is 2. The smallest absolute Gasteiger partial charge is 0.338 e. The quantitative estimate of drug-likeness (QED) is 0.486. The molecule has 0 saturated heterocycles. The van der Waals surface area contributed by atoms with Crippen LogP contribution >= 0.6 is 15.9 Å². The molecule has 32 heavy (non-hydrogen) atoms. The lowest BCUT2D eigenvalue weighted by Crippen LogP contribution is -2.43. The summed E-state index contributed by atoms with van der Waals surface area (Å²) in [4.78, 5) is 25.4. The molecule has 0 aromatic heterocycles. The minimum absolute atomic E-state index is 0.0495. The van der Waals surface area contributed by atoms with Crippen LogP contribution in [0.2, 0.25) is 0 Å². The van der Waals surface area contributed by atoms with Crippen LogP contribution in [0.5, 0.6) is 5.75 Å². The molecule has 6 heteroatoms. The van der Waals surface area contributed by atoms with Gasteiger partial charge >= 0.3 is 5.97 Å². The van der Waals surface area contributed by atoms with Gasteiger partial charge in [0.1, 0.15) is 24.2 Å². The third-order valence-corrected chi connectivity index (χ3v) is 6.45. The first-order valence-corrected chi connectivity index (χ1v) is 11.6. The number of ether oxygens (including phenoxy) is 3. The Hall–Kier alpha value is -2.60. The molecule has 2 aromatic carbocycles. The molecule has 0 spiro atoms. The van der Waals surface area contributed by atoms with Gasteiger partial charge in [0, 0.05) is 10.9 Å². The number of esters is 1. The SMILES string of the molecule is CC(C)(C)c1ccc(OC2=COC3CC(OC(=O)c4cccc(Br)c4)CCC3C2=O)cc1. The summed E-state index contributed by atoms with van der Waals surface area (Å²) in [6, 6.07) is 14.9. The summed E-state index contributed by atoms with van der Waals surface area (Å²) >= 11 is 3.37. The molecule has 1 saturated carbocycles. The van der Waals surface area contributed by atoms with E-state index in [9.17, 15) is 9.59 Å². The minimum Gasteiger partial charge on any atom is -0.493 e. The fourth-order valence-corrected chi connectivity index (χ4v) is 4.50. The first kappa shape index (κ1) is 22.6. The molecule has 1 aliphatic heterocycles. The number of carbonyl (C=O) groups is 2. The van der Waals surface area contributed by atoms with Crippen LogP contribution in [0.4, 0.5) is 0 Å². The Labute approximate surface area is 196 Å². The van der Waals surface area contributed by atoms with Crippen molar-refractivity contribution in [3.8, 4) is 5.75 Å². The van der Waals surface area contributed by atoms with Gasteiger partial charge in [-0.2, -0.15) is 0 Å². The monoisotopic (exact) mass is 498 g/mol. The Bertz CT molecular complexity index is 1030. The predicted octanol–water partition coefficient (Wildman–Crippen LogP) is 5.96. The standard InChI is InChI=1S/C26H27BrO5/c1-26(2,3)17-7-9-19(10-8-17)31-23-15-30-22-14-20(11-12-21(22)24(23)28)32-25(29)16-5-4-6-18(27)13-16/h4-10,13,15,20-22H,11-12,14H2,1-3H3. The van der Waals surface area contributed by atoms with E-state index in [1.54, 1.807) is 18.2 Å². The number of rotatable bonds is 4. The first-order valence-electron chi connectivity index (χ1n) is 10.9. The number of Topliss-reactive ketones (excluding diaryl/α,β-unsaturated/α-hetero) is 1. The number of hydrogen-bond acceptors (Lipinski definition) is 5. The molecule has 0 bridgehead atoms. The Balaban J connectivity index is 1.37. The van der Waals surface area contributed by atoms with Gasteiger partial charge in [-0.25, -0.2) is 4.79 Å². The van der Waals surface area contributed by atoms with Crippen molar-refractivity contribution in [2.75, 3.05) is 0 Å². The minimum atomic E-state index is -0.366. The highest BCUT2D eigenvalue weighted by atomic mass is 79.9. The molecule has 1 fully saturated rings. The van der Waals surface area contributed by atoms with Gasteiger partial charge in [0.15, 0.2) is 0 Å². The van der Waals surface area contributed by atoms with Crippen molar-refractivity contribution < 1.29 is 23.8 Å². The fourth-order valence-electron chi connectivity index (χ4n) is 4.10. The van der Waals surface area contributed by atoms with Crippen LogP contribution in [-0.2, 0) is 19.7 Å². The topological polar surface area (TPSA) is 61.8 Å². The average molecular weight is 499 g/mol. The Morgan fingerprint density at radius 2 is 1.84 bits per heavy atom. The molecule has 4 rings (SSSR count). The van der Waals surface area contributed by atoms with Crippen molar-refractivity contribution in [2.24, 2.45) is 5.92 Å². The van der Waals surface area contributed by atoms with Crippen molar-refractivity contribution in [2.45, 2.75) is 57.7 Å². The maximum atomic E-state index is 13.0. The van der Waals surface area contributed by atoms with Gasteiger partial charge in [-0.05, 0) is 54.2 Å². The summed E-state index contributed by atoms with van der Waals surface area (Å²) in [6.45, 7) is 6.45. The van der Waals surface area contributed by atoms with Gasteiger partial charge < -0.3 is 14.2 Å². The van der Waals surface area contributed by atoms with Gasteiger partial charge in [-0.1, -0.05) is 54.9 Å². The molecule has 0 N–H and O–H groups in total. The summed E-state index contributed by atoms with van der Waals surface area (Å²) in [6.07, 6.45) is 2.50. The summed E-state index contributed by atoms with van der Waals surface area (Å²) in [5.41, 5.74) is 1.74. The molecular formula is C26H27BrO5. The van der Waals surface area contributed by atoms with Gasteiger partial charge in [0.2, 0.25) is 11.5 Å². The van der Waals surface area contributed by atoms with E-state index < -0.39 is 0 Å². The van der Waals surface area contributed by atoms with Crippen LogP contribution in [-0.4, -0.2) is 24.0 Å². The molecule has 3 atom stereocenters. The van der Waals surface area contributed by atoms with Crippen molar-refractivity contribution in [1.82, 2.24) is 0 Å². The van der Waals surface area contributed by atoms with Crippen molar-refractivity contribution >= 4 is 27.7 Å². The highest BCUT2D eigenvalue weighted by Gasteiger charge is 2.42. The lowest BCUT2D eigenvalue weighted by Gasteiger charge is -2.36. The third kappa shape index (κ3) is 5.07. The summed E-state index contributed by atoms with van der Waals surface area (Å²) in [5.74, 6) is 0.119. The number of allylic oxidation sites excluding steroid dienone is 1. The largest absolute Gasteiger partial charge is 0.493 e. The van der Waals surface area contributed by atoms with E-state index in [0.29, 0.717) is 30.6 Å². The molecule has 0 radical (unpaired) electrons. The van der Waals surface area contributed by atoms with E-state index in [2.05, 4.69) is 36.7 Å². The maximum Gasteiger partial charge on any atom is 0.338 e. The molecule has 1 aliphatic carbocycles. The Morgan fingerprint density at radius 3 is 2.53 bits per heavy atom. The lowest BCUT2D eigenvalue weighted by molar-refractivity contribution is -0.132. The molecule has 5 nitrogen and oxygen atoms in total. The van der Waals surface area contributed by atoms with Gasteiger partial charge in [0.05, 0.1) is 11.5 Å². The second-order valence-corrected chi connectivity index (χ2v) is 10.3. The van der Waals surface area contributed by atoms with E-state index in [1.165, 1.54) is 11.8 Å². The molecule has 2 aromatic rings. The van der Waals surface area contributed by atoms with Crippen molar-refractivity contribution in [3.05, 3.63) is 76.2 Å². The Morgan fingerprint density at radius 1 is 1.09 bits per heavy atom. The zero-order valence-electron chi connectivity index (χ0n) is 18.5. The molecule has 3 unspecified atom stereocenters. The normalized spacial score (nSPS) is 22.9. The van der Waals surface area contributed by atoms with Crippen LogP contribution in [0.25, 0.3) is 0 Å². The van der Waals surface area contributed by atoms with Crippen LogP contribution < -0.4 is 4.74 Å². The van der Waals surface area contributed by atoms with Crippen LogP contribution in [0, 0.1) is 5.92 Å². The van der Waals surface area contributed by atoms with Gasteiger partial charge in [-0.3, -0.25) is 4.79 Å². The van der Waals surface area contributed by atoms with Crippen molar-refractivity contribution in [3.63, 3.8) is 0 Å². The van der Waals surface area contributed by atoms with E-state index in [-0.39, 0.29) is 41.1 Å². The molecule has 0 amide bonds. The molecular weight excluding hydrogens is 472 g/mol. The first-order chi connectivity index (χ1) is 15.2. The van der Waals surface area contributed by atoms with Crippen LogP contribution in [0.3, 0.4) is 0 Å². The summed E-state index contributed by atoms with van der Waals surface area (Å²) in [5, 5.41) is 0. The fraction of sp³-hybridized carbons (Fsp3) is 0.385. The van der Waals surface area contributed by atoms with Gasteiger partial charge in [0.25, 0.3) is 0 Å². The summed E-state index contributed by atoms with van der Waals surface area (Å²) in [7, 11) is 0. The molecule has 1 heterocycles. The number of fused-ring (bicyclic) bond motifs is 1. The zero-order chi connectivity index (χ0) is 22.9. The second kappa shape index (κ2) is 9.10. The molecule has 168 valence electrons. The van der Waals surface area contributed by atoms with Crippen LogP contribution in [0.15, 0.2) is 65.0 Å². The Kier molecular flexibility index (Phi) is 6.42. The maximum absolute atomic E-state index is 13.0. The number of hydrogen-bond donors (Lipinski definition) is 0. The second-order valence-electron chi connectivity index (χ2n) is 9.35. The van der Waals surface area contributed by atoms with E-state index in [0.717, 1.165) is 4.47 Å². The lowest BCUT2D eigenvalue weighted by atomic mass is 9.80. The highest BCUT2D eigenvalue weighted by Crippen LogP contribution is 2.35. The highest BCUT2D eigenvalue weighted by molar-refractivity contribution is 9.10. The van der Waals surface area contributed by atoms with Gasteiger partial charge in [-0.15, -0.1) is 0 Å². The predicted molar refractivity (Wildman–Crippen MR) is 124 cm³/mol. The van der Waals surface area contributed by atoms with E-state index in [4.69, 9.17) is 14.2 Å². The number of carbonyl (C=O) groups excluding carboxylic acids is 2. The van der Waals surface area contributed by atoms with E-state index >= 15 is 0 Å². The zero-order valence-corrected chi connectivity index (χ0v) is 20.1. The number of ketones is 1.